The van der Waals surface area contributed by atoms with E-state index in [1.54, 1.807) is 25.1 Å². The Morgan fingerprint density at radius 3 is 2.52 bits per heavy atom. The number of esters is 1. The molecule has 1 aliphatic rings. The second-order valence-electron chi connectivity index (χ2n) is 6.48. The molecular weight excluding hydrogens is 387 g/mol. The molecule has 0 atom stereocenters. The van der Waals surface area contributed by atoms with E-state index in [1.165, 1.54) is 17.0 Å². The van der Waals surface area contributed by atoms with Crippen molar-refractivity contribution < 1.29 is 32.2 Å². The quantitative estimate of drug-likeness (QED) is 0.498. The topological polar surface area (TPSA) is 55.8 Å². The number of rotatable bonds is 7. The van der Waals surface area contributed by atoms with Gasteiger partial charge in [-0.05, 0) is 49.7 Å². The molecule has 3 rings (SSSR count). The van der Waals surface area contributed by atoms with Crippen LogP contribution in [-0.4, -0.2) is 25.1 Å². The van der Waals surface area contributed by atoms with E-state index in [1.807, 2.05) is 0 Å². The van der Waals surface area contributed by atoms with Crippen LogP contribution in [0.2, 0.25) is 0 Å². The van der Waals surface area contributed by atoms with Crippen molar-refractivity contribution in [3.8, 4) is 5.75 Å². The molecule has 1 aliphatic heterocycles. The molecule has 8 heteroatoms. The van der Waals surface area contributed by atoms with Crippen LogP contribution in [0.5, 0.6) is 5.75 Å². The standard InChI is InChI=1S/C21H20F3NO4/c1-2-28-19(26)7-4-12-29-18-6-3-5-16-17(18)13-25(20(16)27)15-10-8-14(9-11-15)21(22,23)24/h3,5-6,8-11H,2,4,7,12-13H2,1H3. The van der Waals surface area contributed by atoms with Gasteiger partial charge in [-0.2, -0.15) is 13.2 Å². The molecule has 2 aromatic rings. The largest absolute Gasteiger partial charge is 0.493 e. The van der Waals surface area contributed by atoms with Gasteiger partial charge in [-0.15, -0.1) is 0 Å². The molecule has 154 valence electrons. The van der Waals surface area contributed by atoms with Crippen LogP contribution in [0, 0.1) is 0 Å². The van der Waals surface area contributed by atoms with Crippen molar-refractivity contribution in [2.45, 2.75) is 32.5 Å². The van der Waals surface area contributed by atoms with E-state index in [9.17, 15) is 22.8 Å². The van der Waals surface area contributed by atoms with Crippen LogP contribution in [0.15, 0.2) is 42.5 Å². The minimum absolute atomic E-state index is 0.202. The fraction of sp³-hybridized carbons (Fsp3) is 0.333. The Balaban J connectivity index is 1.69. The predicted octanol–water partition coefficient (Wildman–Crippen LogP) is 4.59. The lowest BCUT2D eigenvalue weighted by atomic mass is 10.1. The molecule has 2 aromatic carbocycles. The molecule has 0 unspecified atom stereocenters. The maximum atomic E-state index is 12.8. The number of fused-ring (bicyclic) bond motifs is 1. The maximum absolute atomic E-state index is 12.8. The van der Waals surface area contributed by atoms with Crippen molar-refractivity contribution in [2.24, 2.45) is 0 Å². The second-order valence-corrected chi connectivity index (χ2v) is 6.48. The first-order valence-electron chi connectivity index (χ1n) is 9.20. The molecule has 1 amide bonds. The van der Waals surface area contributed by atoms with Crippen molar-refractivity contribution in [1.82, 2.24) is 0 Å². The average Bonchev–Trinajstić information content (AvgIpc) is 3.02. The van der Waals surface area contributed by atoms with Crippen LogP contribution in [0.3, 0.4) is 0 Å². The molecule has 0 bridgehead atoms. The summed E-state index contributed by atoms with van der Waals surface area (Å²) in [5.41, 5.74) is 0.741. The number of alkyl halides is 3. The Kier molecular flexibility index (Phi) is 6.10. The lowest BCUT2D eigenvalue weighted by molar-refractivity contribution is -0.143. The summed E-state index contributed by atoms with van der Waals surface area (Å²) in [4.78, 5) is 25.5. The third-order valence-corrected chi connectivity index (χ3v) is 4.52. The number of amides is 1. The number of benzene rings is 2. The Morgan fingerprint density at radius 2 is 1.86 bits per heavy atom. The van der Waals surface area contributed by atoms with Crippen molar-refractivity contribution >= 4 is 17.6 Å². The van der Waals surface area contributed by atoms with Crippen molar-refractivity contribution in [3.05, 3.63) is 59.2 Å². The van der Waals surface area contributed by atoms with E-state index in [0.717, 1.165) is 12.1 Å². The Hall–Kier alpha value is -3.03. The number of hydrogen-bond donors (Lipinski definition) is 0. The SMILES string of the molecule is CCOC(=O)CCCOc1cccc2c1CN(c1ccc(C(F)(F)F)cc1)C2=O. The normalized spacial score (nSPS) is 13.4. The number of anilines is 1. The Morgan fingerprint density at radius 1 is 1.14 bits per heavy atom. The van der Waals surface area contributed by atoms with Gasteiger partial charge in [0.25, 0.3) is 5.91 Å². The summed E-state index contributed by atoms with van der Waals surface area (Å²) in [6.07, 6.45) is -3.72. The average molecular weight is 407 g/mol. The molecule has 0 saturated heterocycles. The van der Waals surface area contributed by atoms with Crippen LogP contribution in [0.25, 0.3) is 0 Å². The Bertz CT molecular complexity index is 894. The summed E-state index contributed by atoms with van der Waals surface area (Å²) in [5.74, 6) is -0.0658. The number of nitrogens with zero attached hydrogens (tertiary/aromatic N) is 1. The molecule has 0 aromatic heterocycles. The molecule has 1 heterocycles. The van der Waals surface area contributed by atoms with Gasteiger partial charge in [0, 0.05) is 23.2 Å². The van der Waals surface area contributed by atoms with Gasteiger partial charge in [0.1, 0.15) is 5.75 Å². The van der Waals surface area contributed by atoms with Gasteiger partial charge in [-0.3, -0.25) is 9.59 Å². The zero-order valence-electron chi connectivity index (χ0n) is 15.8. The summed E-state index contributed by atoms with van der Waals surface area (Å²) in [6, 6.07) is 9.56. The summed E-state index contributed by atoms with van der Waals surface area (Å²) < 4.78 is 48.9. The van der Waals surface area contributed by atoms with Crippen LogP contribution < -0.4 is 9.64 Å². The monoisotopic (exact) mass is 407 g/mol. The van der Waals surface area contributed by atoms with Gasteiger partial charge >= 0.3 is 12.1 Å². The first-order chi connectivity index (χ1) is 13.8. The third kappa shape index (κ3) is 4.70. The summed E-state index contributed by atoms with van der Waals surface area (Å²) in [7, 11) is 0. The highest BCUT2D eigenvalue weighted by molar-refractivity contribution is 6.10. The fourth-order valence-electron chi connectivity index (χ4n) is 3.11. The summed E-state index contributed by atoms with van der Waals surface area (Å²) >= 11 is 0. The summed E-state index contributed by atoms with van der Waals surface area (Å²) in [6.45, 7) is 2.55. The van der Waals surface area contributed by atoms with Crippen molar-refractivity contribution in [1.29, 1.82) is 0 Å². The van der Waals surface area contributed by atoms with E-state index in [-0.39, 0.29) is 31.4 Å². The van der Waals surface area contributed by atoms with Gasteiger partial charge in [0.2, 0.25) is 0 Å². The van der Waals surface area contributed by atoms with Crippen LogP contribution in [0.4, 0.5) is 18.9 Å². The van der Waals surface area contributed by atoms with E-state index in [2.05, 4.69) is 0 Å². The molecule has 0 aliphatic carbocycles. The third-order valence-electron chi connectivity index (χ3n) is 4.52. The fourth-order valence-corrected chi connectivity index (χ4v) is 3.11. The van der Waals surface area contributed by atoms with E-state index < -0.39 is 11.7 Å². The number of hydrogen-bond acceptors (Lipinski definition) is 4. The number of ether oxygens (including phenoxy) is 2. The van der Waals surface area contributed by atoms with Crippen LogP contribution in [-0.2, 0) is 22.3 Å². The number of carbonyl (C=O) groups is 2. The summed E-state index contributed by atoms with van der Waals surface area (Å²) in [5, 5.41) is 0. The molecule has 0 spiro atoms. The van der Waals surface area contributed by atoms with E-state index >= 15 is 0 Å². The minimum Gasteiger partial charge on any atom is -0.493 e. The highest BCUT2D eigenvalue weighted by Gasteiger charge is 2.33. The van der Waals surface area contributed by atoms with Gasteiger partial charge < -0.3 is 14.4 Å². The minimum atomic E-state index is -4.43. The van der Waals surface area contributed by atoms with E-state index in [4.69, 9.17) is 9.47 Å². The highest BCUT2D eigenvalue weighted by atomic mass is 19.4. The highest BCUT2D eigenvalue weighted by Crippen LogP contribution is 2.36. The predicted molar refractivity (Wildman–Crippen MR) is 99.8 cm³/mol. The van der Waals surface area contributed by atoms with Crippen molar-refractivity contribution in [3.63, 3.8) is 0 Å². The molecular formula is C21H20F3NO4. The maximum Gasteiger partial charge on any atom is 0.416 e. The molecule has 0 saturated carbocycles. The van der Waals surface area contributed by atoms with Gasteiger partial charge in [0.15, 0.2) is 0 Å². The zero-order chi connectivity index (χ0) is 21.0. The number of halogens is 3. The van der Waals surface area contributed by atoms with Gasteiger partial charge in [0.05, 0.1) is 25.3 Å². The van der Waals surface area contributed by atoms with Crippen LogP contribution >= 0.6 is 0 Å². The zero-order valence-corrected chi connectivity index (χ0v) is 15.8. The first-order valence-corrected chi connectivity index (χ1v) is 9.20. The number of carbonyl (C=O) groups excluding carboxylic acids is 2. The molecule has 5 nitrogen and oxygen atoms in total. The van der Waals surface area contributed by atoms with Crippen molar-refractivity contribution in [2.75, 3.05) is 18.1 Å². The first kappa shape index (κ1) is 20.7. The van der Waals surface area contributed by atoms with E-state index in [0.29, 0.717) is 35.6 Å². The molecule has 29 heavy (non-hydrogen) atoms. The Labute approximate surface area is 166 Å². The lowest BCUT2D eigenvalue weighted by Gasteiger charge is -2.17. The van der Waals surface area contributed by atoms with Gasteiger partial charge in [-0.1, -0.05) is 6.07 Å². The smallest absolute Gasteiger partial charge is 0.416 e. The molecule has 0 fully saturated rings. The molecule has 0 radical (unpaired) electrons. The molecule has 0 N–H and O–H groups in total. The lowest BCUT2D eigenvalue weighted by Crippen LogP contribution is -2.23. The second kappa shape index (κ2) is 8.55. The van der Waals surface area contributed by atoms with Gasteiger partial charge in [-0.25, -0.2) is 0 Å². The van der Waals surface area contributed by atoms with Crippen LogP contribution in [0.1, 0.15) is 41.3 Å².